The van der Waals surface area contributed by atoms with Gasteiger partial charge in [0.05, 0.1) is 18.6 Å². The number of amides is 3. The van der Waals surface area contributed by atoms with E-state index in [-0.39, 0.29) is 12.8 Å². The second-order valence-corrected chi connectivity index (χ2v) is 8.85. The number of hydrogen-bond acceptors (Lipinski definition) is 8. The van der Waals surface area contributed by atoms with Crippen molar-refractivity contribution in [2.75, 3.05) is 12.0 Å². The third-order valence-electron chi connectivity index (χ3n) is 4.94. The number of nitrogens with one attached hydrogen (secondary N) is 3. The number of aliphatic carboxylic acids is 2. The Hall–Kier alpha value is -3.16. The Morgan fingerprint density at radius 1 is 0.943 bits per heavy atom. The van der Waals surface area contributed by atoms with Crippen molar-refractivity contribution in [3.05, 3.63) is 35.9 Å². The highest BCUT2D eigenvalue weighted by Gasteiger charge is 2.32. The van der Waals surface area contributed by atoms with E-state index in [0.717, 1.165) is 5.56 Å². The molecule has 1 rings (SSSR count). The van der Waals surface area contributed by atoms with Gasteiger partial charge in [0, 0.05) is 0 Å². The summed E-state index contributed by atoms with van der Waals surface area (Å²) in [6.45, 7) is 1.19. The van der Waals surface area contributed by atoms with Crippen molar-refractivity contribution < 1.29 is 39.3 Å². The lowest BCUT2D eigenvalue weighted by molar-refractivity contribution is -0.145. The van der Waals surface area contributed by atoms with E-state index in [0.29, 0.717) is 5.75 Å². The molecule has 0 saturated carbocycles. The first-order valence-corrected chi connectivity index (χ1v) is 12.2. The quantitative estimate of drug-likeness (QED) is 0.148. The molecule has 3 amide bonds. The average Bonchev–Trinajstić information content (AvgIpc) is 2.79. The zero-order valence-corrected chi connectivity index (χ0v) is 20.3. The van der Waals surface area contributed by atoms with E-state index >= 15 is 0 Å². The van der Waals surface area contributed by atoms with Crippen molar-refractivity contribution in [3.63, 3.8) is 0 Å². The highest BCUT2D eigenvalue weighted by atomic mass is 32.2. The van der Waals surface area contributed by atoms with Gasteiger partial charge in [-0.15, -0.1) is 0 Å². The number of aliphatic hydroxyl groups excluding tert-OH is 1. The van der Waals surface area contributed by atoms with Crippen LogP contribution in [0.15, 0.2) is 30.3 Å². The number of rotatable bonds is 15. The van der Waals surface area contributed by atoms with Crippen LogP contribution in [0, 0.1) is 0 Å². The van der Waals surface area contributed by atoms with E-state index in [1.807, 2.05) is 0 Å². The minimum absolute atomic E-state index is 0.0894. The first-order valence-electron chi connectivity index (χ1n) is 10.8. The zero-order chi connectivity index (χ0) is 26.5. The second kappa shape index (κ2) is 15.0. The van der Waals surface area contributed by atoms with Gasteiger partial charge in [0.25, 0.3) is 0 Å². The van der Waals surface area contributed by atoms with Gasteiger partial charge in [0.2, 0.25) is 17.7 Å². The molecule has 0 aliphatic rings. The van der Waals surface area contributed by atoms with Crippen molar-refractivity contribution in [2.24, 2.45) is 5.73 Å². The Bertz CT molecular complexity index is 883. The van der Waals surface area contributed by atoms with Crippen LogP contribution in [0.1, 0.15) is 25.3 Å². The molecule has 1 aromatic rings. The largest absolute Gasteiger partial charge is 0.481 e. The summed E-state index contributed by atoms with van der Waals surface area (Å²) in [7, 11) is 0. The van der Waals surface area contributed by atoms with E-state index in [4.69, 9.17) is 5.73 Å². The Morgan fingerprint density at radius 3 is 2.03 bits per heavy atom. The van der Waals surface area contributed by atoms with Crippen LogP contribution < -0.4 is 21.7 Å². The summed E-state index contributed by atoms with van der Waals surface area (Å²) >= 11 is 1.36. The van der Waals surface area contributed by atoms with Crippen LogP contribution in [-0.2, 0) is 30.4 Å². The first-order chi connectivity index (χ1) is 16.5. The SMILES string of the molecule is CSCCC(NC(=O)C(CC(=O)O)NC(=O)C(N)Cc1ccccc1)C(=O)NC(C(=O)O)C(C)O. The molecule has 1 aromatic carbocycles. The van der Waals surface area contributed by atoms with E-state index in [9.17, 15) is 39.3 Å². The van der Waals surface area contributed by atoms with E-state index in [1.54, 1.807) is 36.6 Å². The van der Waals surface area contributed by atoms with Crippen molar-refractivity contribution >= 4 is 41.4 Å². The smallest absolute Gasteiger partial charge is 0.328 e. The molecular formula is C22H32N4O8S. The average molecular weight is 513 g/mol. The molecule has 0 aliphatic carbocycles. The number of nitrogens with two attached hydrogens (primary N) is 1. The molecule has 5 atom stereocenters. The van der Waals surface area contributed by atoms with Crippen LogP contribution >= 0.6 is 11.8 Å². The summed E-state index contributed by atoms with van der Waals surface area (Å²) in [5, 5.41) is 34.9. The van der Waals surface area contributed by atoms with Gasteiger partial charge in [-0.2, -0.15) is 11.8 Å². The third-order valence-corrected chi connectivity index (χ3v) is 5.58. The van der Waals surface area contributed by atoms with Crippen molar-refractivity contribution in [2.45, 2.75) is 56.5 Å². The maximum atomic E-state index is 12.8. The second-order valence-electron chi connectivity index (χ2n) is 7.86. The Labute approximate surface area is 207 Å². The highest BCUT2D eigenvalue weighted by Crippen LogP contribution is 2.06. The minimum atomic E-state index is -1.61. The van der Waals surface area contributed by atoms with Crippen molar-refractivity contribution in [1.82, 2.24) is 16.0 Å². The molecule has 35 heavy (non-hydrogen) atoms. The summed E-state index contributed by atoms with van der Waals surface area (Å²) in [5.74, 6) is -5.00. The molecule has 0 saturated heterocycles. The van der Waals surface area contributed by atoms with Gasteiger partial charge in [0.1, 0.15) is 12.1 Å². The number of carbonyl (C=O) groups is 5. The Morgan fingerprint density at radius 2 is 1.51 bits per heavy atom. The predicted molar refractivity (Wildman–Crippen MR) is 128 cm³/mol. The monoisotopic (exact) mass is 512 g/mol. The molecule has 194 valence electrons. The maximum Gasteiger partial charge on any atom is 0.328 e. The van der Waals surface area contributed by atoms with Crippen LogP contribution in [0.25, 0.3) is 0 Å². The fourth-order valence-electron chi connectivity index (χ4n) is 3.04. The summed E-state index contributed by atoms with van der Waals surface area (Å²) in [5.41, 5.74) is 6.69. The summed E-state index contributed by atoms with van der Waals surface area (Å²) in [6, 6.07) is 3.44. The number of carboxylic acid groups (broad SMARTS) is 2. The maximum absolute atomic E-state index is 12.8. The lowest BCUT2D eigenvalue weighted by Gasteiger charge is -2.25. The molecule has 0 heterocycles. The molecule has 0 aromatic heterocycles. The standard InChI is InChI=1S/C22H32N4O8S/c1-12(27)18(22(33)34)26-20(31)15(8-9-35-2)24-21(32)16(11-17(28)29)25-19(30)14(23)10-13-6-4-3-5-7-13/h3-7,12,14-16,18,27H,8-11,23H2,1-2H3,(H,24,32)(H,25,30)(H,26,31)(H,28,29)(H,33,34). The van der Waals surface area contributed by atoms with Crippen LogP contribution in [0.4, 0.5) is 0 Å². The molecule has 0 radical (unpaired) electrons. The minimum Gasteiger partial charge on any atom is -0.481 e. The Balaban J connectivity index is 2.95. The summed E-state index contributed by atoms with van der Waals surface area (Å²) < 4.78 is 0. The molecular weight excluding hydrogens is 480 g/mol. The summed E-state index contributed by atoms with van der Waals surface area (Å²) in [6.07, 6.45) is -0.167. The van der Waals surface area contributed by atoms with Crippen LogP contribution in [0.5, 0.6) is 0 Å². The van der Waals surface area contributed by atoms with Gasteiger partial charge < -0.3 is 37.0 Å². The topological polar surface area (TPSA) is 208 Å². The third kappa shape index (κ3) is 10.8. The van der Waals surface area contributed by atoms with Gasteiger partial charge in [-0.1, -0.05) is 30.3 Å². The summed E-state index contributed by atoms with van der Waals surface area (Å²) in [4.78, 5) is 60.6. The van der Waals surface area contributed by atoms with Gasteiger partial charge >= 0.3 is 11.9 Å². The highest BCUT2D eigenvalue weighted by molar-refractivity contribution is 7.98. The molecule has 0 fully saturated rings. The van der Waals surface area contributed by atoms with Crippen molar-refractivity contribution in [1.29, 1.82) is 0 Å². The molecule has 8 N–H and O–H groups in total. The molecule has 0 aliphatic heterocycles. The van der Waals surface area contributed by atoms with Crippen LogP contribution in [0.3, 0.4) is 0 Å². The van der Waals surface area contributed by atoms with E-state index < -0.39 is 66.4 Å². The number of aliphatic hydroxyl groups is 1. The van der Waals surface area contributed by atoms with Gasteiger partial charge in [0.15, 0.2) is 6.04 Å². The molecule has 0 spiro atoms. The fraction of sp³-hybridized carbons (Fsp3) is 0.500. The van der Waals surface area contributed by atoms with E-state index in [1.165, 1.54) is 18.7 Å². The predicted octanol–water partition coefficient (Wildman–Crippen LogP) is -1.30. The van der Waals surface area contributed by atoms with Gasteiger partial charge in [-0.25, -0.2) is 4.79 Å². The van der Waals surface area contributed by atoms with Gasteiger partial charge in [-0.05, 0) is 37.3 Å². The molecule has 13 heteroatoms. The molecule has 5 unspecified atom stereocenters. The van der Waals surface area contributed by atoms with Crippen LogP contribution in [0.2, 0.25) is 0 Å². The number of hydrogen-bond donors (Lipinski definition) is 7. The molecule has 12 nitrogen and oxygen atoms in total. The Kier molecular flexibility index (Phi) is 12.8. The number of thioether (sulfide) groups is 1. The fourth-order valence-corrected chi connectivity index (χ4v) is 3.51. The normalized spacial score (nSPS) is 15.1. The molecule has 0 bridgehead atoms. The number of carboxylic acids is 2. The van der Waals surface area contributed by atoms with Gasteiger partial charge in [-0.3, -0.25) is 19.2 Å². The number of carbonyl (C=O) groups excluding carboxylic acids is 3. The van der Waals surface area contributed by atoms with Crippen LogP contribution in [-0.4, -0.2) is 87.3 Å². The van der Waals surface area contributed by atoms with Crippen molar-refractivity contribution in [3.8, 4) is 0 Å². The zero-order valence-electron chi connectivity index (χ0n) is 19.5. The lowest BCUT2D eigenvalue weighted by Crippen LogP contribution is -2.58. The van der Waals surface area contributed by atoms with E-state index in [2.05, 4.69) is 16.0 Å². The lowest BCUT2D eigenvalue weighted by atomic mass is 10.0. The first kappa shape index (κ1) is 29.9. The number of benzene rings is 1.